The van der Waals surface area contributed by atoms with Gasteiger partial charge in [0.2, 0.25) is 0 Å². The number of amides is 1. The fourth-order valence-corrected chi connectivity index (χ4v) is 8.00. The lowest BCUT2D eigenvalue weighted by molar-refractivity contribution is -0.0353. The molecule has 3 fully saturated rings. The number of nitrogens with zero attached hydrogens (tertiary/aromatic N) is 9. The molecule has 1 aliphatic carbocycles. The highest BCUT2D eigenvalue weighted by Crippen LogP contribution is 2.52. The van der Waals surface area contributed by atoms with Crippen LogP contribution >= 0.6 is 0 Å². The van der Waals surface area contributed by atoms with E-state index in [1.807, 2.05) is 33.0 Å². The molecule has 1 amide bonds. The van der Waals surface area contributed by atoms with Crippen molar-refractivity contribution >= 4 is 11.7 Å². The zero-order chi connectivity index (χ0) is 34.8. The van der Waals surface area contributed by atoms with Gasteiger partial charge in [0.25, 0.3) is 11.8 Å². The number of benzene rings is 1. The highest BCUT2D eigenvalue weighted by Gasteiger charge is 2.54. The van der Waals surface area contributed by atoms with Gasteiger partial charge in [-0.1, -0.05) is 0 Å². The smallest absolute Gasteiger partial charge is 0.282 e. The summed E-state index contributed by atoms with van der Waals surface area (Å²) in [7, 11) is 2.21. The molecule has 7 rings (SSSR count). The van der Waals surface area contributed by atoms with Crippen LogP contribution in [0.1, 0.15) is 61.6 Å². The Morgan fingerprint density at radius 2 is 1.82 bits per heavy atom. The summed E-state index contributed by atoms with van der Waals surface area (Å²) >= 11 is 0. The normalized spacial score (nSPS) is 19.6. The summed E-state index contributed by atoms with van der Waals surface area (Å²) in [5, 5.41) is 8.17. The zero-order valence-electron chi connectivity index (χ0n) is 29.9. The van der Waals surface area contributed by atoms with Gasteiger partial charge in [0.05, 0.1) is 5.56 Å². The Morgan fingerprint density at radius 3 is 2.58 bits per heavy atom. The Balaban J connectivity index is 0.938. The molecule has 50 heavy (non-hydrogen) atoms. The molecule has 1 aromatic carbocycles. The second-order valence-corrected chi connectivity index (χ2v) is 14.8. The van der Waals surface area contributed by atoms with Gasteiger partial charge in [0, 0.05) is 94.2 Å². The number of pyridine rings is 1. The summed E-state index contributed by atoms with van der Waals surface area (Å²) in [5.74, 6) is 1.15. The van der Waals surface area contributed by atoms with Crippen LogP contribution in [0.2, 0.25) is 0 Å². The Kier molecular flexibility index (Phi) is 10.2. The van der Waals surface area contributed by atoms with Gasteiger partial charge in [-0.15, -0.1) is 10.2 Å². The highest BCUT2D eigenvalue weighted by atomic mass is 19.1. The Morgan fingerprint density at radius 1 is 1.04 bits per heavy atom. The number of likely N-dealkylation sites (N-methyl/N-ethyl adjacent to an activating group) is 1. The number of carbonyl (C=O) groups excluding carboxylic acids is 1. The molecule has 5 heterocycles. The minimum atomic E-state index is -0.509. The molecule has 2 aromatic heterocycles. The van der Waals surface area contributed by atoms with Crippen LogP contribution in [-0.2, 0) is 13.0 Å². The maximum absolute atomic E-state index is 14.3. The van der Waals surface area contributed by atoms with Crippen LogP contribution in [-0.4, -0.2) is 130 Å². The van der Waals surface area contributed by atoms with Crippen LogP contribution < -0.4 is 14.4 Å². The van der Waals surface area contributed by atoms with Gasteiger partial charge in [-0.25, -0.2) is 9.37 Å². The largest absolute Gasteiger partial charge is 0.490 e. The lowest BCUT2D eigenvalue weighted by Gasteiger charge is -2.58. The molecule has 1 saturated carbocycles. The second-order valence-electron chi connectivity index (χ2n) is 14.8. The number of aromatic nitrogens is 4. The molecule has 0 unspecified atom stereocenters. The van der Waals surface area contributed by atoms with Crippen molar-refractivity contribution in [2.45, 2.75) is 65.1 Å². The van der Waals surface area contributed by atoms with Gasteiger partial charge in [-0.05, 0) is 84.4 Å². The minimum Gasteiger partial charge on any atom is -0.490 e. The van der Waals surface area contributed by atoms with Crippen LogP contribution in [0.15, 0.2) is 36.8 Å². The predicted molar refractivity (Wildman–Crippen MR) is 188 cm³/mol. The standard InChI is InChI=1S/C37H50FN9O3/c1-5-47(26(2)3)36(48)29-19-27(38)7-8-32(29)50-35-34(40-25-41-42-35)46-23-37(24-46)20-28(21-37)49-33-9-11-39-31-10-14-45(22-30(31)33)13-6-12-44-17-15-43(4)16-18-44/h7-9,11,19,25-26,28H,5-6,10,12-18,20-24H2,1-4H3. The third-order valence-corrected chi connectivity index (χ3v) is 10.8. The monoisotopic (exact) mass is 687 g/mol. The van der Waals surface area contributed by atoms with Crippen molar-refractivity contribution in [3.63, 3.8) is 0 Å². The van der Waals surface area contributed by atoms with Crippen LogP contribution in [0.25, 0.3) is 0 Å². The lowest BCUT2D eigenvalue weighted by Crippen LogP contribution is -2.65. The molecule has 3 aliphatic heterocycles. The molecule has 3 aromatic rings. The van der Waals surface area contributed by atoms with E-state index in [0.29, 0.717) is 12.4 Å². The first-order valence-corrected chi connectivity index (χ1v) is 18.2. The average molecular weight is 688 g/mol. The van der Waals surface area contributed by atoms with E-state index in [1.165, 1.54) is 55.3 Å². The van der Waals surface area contributed by atoms with Gasteiger partial charge in [0.1, 0.15) is 29.7 Å². The van der Waals surface area contributed by atoms with Crippen molar-refractivity contribution < 1.29 is 18.7 Å². The van der Waals surface area contributed by atoms with E-state index in [9.17, 15) is 9.18 Å². The number of carbonyl (C=O) groups is 1. The van der Waals surface area contributed by atoms with Crippen LogP contribution in [0.5, 0.6) is 17.4 Å². The van der Waals surface area contributed by atoms with Crippen LogP contribution in [0.4, 0.5) is 10.2 Å². The van der Waals surface area contributed by atoms with Crippen molar-refractivity contribution in [3.8, 4) is 17.4 Å². The topological polar surface area (TPSA) is 103 Å². The summed E-state index contributed by atoms with van der Waals surface area (Å²) < 4.78 is 27.1. The van der Waals surface area contributed by atoms with Crippen LogP contribution in [0, 0.1) is 11.2 Å². The van der Waals surface area contributed by atoms with E-state index in [1.54, 1.807) is 4.90 Å². The van der Waals surface area contributed by atoms with E-state index < -0.39 is 5.82 Å². The molecular weight excluding hydrogens is 637 g/mol. The Bertz CT molecular complexity index is 1650. The van der Waals surface area contributed by atoms with Gasteiger partial charge in [-0.3, -0.25) is 14.7 Å². The number of piperazine rings is 1. The third-order valence-electron chi connectivity index (χ3n) is 10.8. The molecule has 0 atom stereocenters. The fourth-order valence-electron chi connectivity index (χ4n) is 8.00. The van der Waals surface area contributed by atoms with Crippen molar-refractivity contribution in [3.05, 3.63) is 59.4 Å². The Hall–Kier alpha value is -3.94. The Labute approximate surface area is 294 Å². The number of anilines is 1. The highest BCUT2D eigenvalue weighted by molar-refractivity contribution is 5.97. The SMILES string of the molecule is CCN(C(=O)c1cc(F)ccc1Oc1nncnc1N1CC2(CC(Oc3ccnc4c3CN(CCCN3CCN(C)CC3)CC4)C2)C1)C(C)C. The molecule has 4 aliphatic rings. The number of halogens is 1. The number of fused-ring (bicyclic) bond motifs is 1. The molecule has 2 saturated heterocycles. The first-order valence-electron chi connectivity index (χ1n) is 18.2. The molecule has 13 heteroatoms. The van der Waals surface area contributed by atoms with E-state index >= 15 is 0 Å². The molecule has 1 spiro atoms. The summed E-state index contributed by atoms with van der Waals surface area (Å²) in [6, 6.07) is 5.95. The van der Waals surface area contributed by atoms with Crippen LogP contribution in [0.3, 0.4) is 0 Å². The van der Waals surface area contributed by atoms with Crippen molar-refractivity contribution in [2.24, 2.45) is 5.41 Å². The number of rotatable bonds is 12. The average Bonchev–Trinajstić information content (AvgIpc) is 3.07. The maximum atomic E-state index is 14.3. The van der Waals surface area contributed by atoms with Crippen molar-refractivity contribution in [2.75, 3.05) is 77.4 Å². The van der Waals surface area contributed by atoms with Crippen molar-refractivity contribution in [1.29, 1.82) is 0 Å². The first kappa shape index (κ1) is 34.5. The first-order chi connectivity index (χ1) is 24.2. The summed E-state index contributed by atoms with van der Waals surface area (Å²) in [6.07, 6.45) is 7.52. The zero-order valence-corrected chi connectivity index (χ0v) is 29.9. The number of ether oxygens (including phenoxy) is 2. The number of hydrogen-bond donors (Lipinski definition) is 0. The third kappa shape index (κ3) is 7.40. The van der Waals surface area contributed by atoms with E-state index in [-0.39, 0.29) is 40.7 Å². The summed E-state index contributed by atoms with van der Waals surface area (Å²) in [5.41, 5.74) is 2.70. The van der Waals surface area contributed by atoms with E-state index in [0.717, 1.165) is 77.4 Å². The van der Waals surface area contributed by atoms with E-state index in [4.69, 9.17) is 14.5 Å². The van der Waals surface area contributed by atoms with Gasteiger partial charge in [0.15, 0.2) is 5.82 Å². The number of hydrogen-bond acceptors (Lipinski definition) is 11. The van der Waals surface area contributed by atoms with Gasteiger partial charge >= 0.3 is 0 Å². The van der Waals surface area contributed by atoms with E-state index in [2.05, 4.69) is 41.8 Å². The maximum Gasteiger partial charge on any atom is 0.282 e. The second kappa shape index (κ2) is 14.7. The molecule has 0 N–H and O–H groups in total. The predicted octanol–water partition coefficient (Wildman–Crippen LogP) is 4.11. The van der Waals surface area contributed by atoms with Gasteiger partial charge in [-0.2, -0.15) is 0 Å². The quantitative estimate of drug-likeness (QED) is 0.275. The molecule has 12 nitrogen and oxygen atoms in total. The molecular formula is C37H50FN9O3. The molecule has 0 bridgehead atoms. The molecule has 0 radical (unpaired) electrons. The molecule has 268 valence electrons. The van der Waals surface area contributed by atoms with Gasteiger partial charge < -0.3 is 29.1 Å². The lowest BCUT2D eigenvalue weighted by atomic mass is 9.61. The summed E-state index contributed by atoms with van der Waals surface area (Å²) in [6.45, 7) is 16.7. The fraction of sp³-hybridized carbons (Fsp3) is 0.595. The minimum absolute atomic E-state index is 0.0501. The van der Waals surface area contributed by atoms with Crippen molar-refractivity contribution in [1.82, 2.24) is 39.8 Å². The summed E-state index contributed by atoms with van der Waals surface area (Å²) in [4.78, 5) is 33.9.